The van der Waals surface area contributed by atoms with Crippen molar-refractivity contribution in [3.8, 4) is 5.75 Å². The fourth-order valence-corrected chi connectivity index (χ4v) is 2.02. The van der Waals surface area contributed by atoms with E-state index in [2.05, 4.69) is 5.10 Å². The normalized spacial score (nSPS) is 12.4. The summed E-state index contributed by atoms with van der Waals surface area (Å²) in [5.74, 6) is 0.742. The summed E-state index contributed by atoms with van der Waals surface area (Å²) in [6.07, 6.45) is -0.679. The van der Waals surface area contributed by atoms with Crippen molar-refractivity contribution in [2.75, 3.05) is 7.11 Å². The van der Waals surface area contributed by atoms with Gasteiger partial charge in [0.2, 0.25) is 0 Å². The van der Waals surface area contributed by atoms with E-state index in [4.69, 9.17) is 4.74 Å². The van der Waals surface area contributed by atoms with Crippen molar-refractivity contribution >= 4 is 0 Å². The molecule has 1 aromatic carbocycles. The molecule has 18 heavy (non-hydrogen) atoms. The molecule has 1 heterocycles. The lowest BCUT2D eigenvalue weighted by Gasteiger charge is -2.13. The fourth-order valence-electron chi connectivity index (χ4n) is 2.02. The Kier molecular flexibility index (Phi) is 3.67. The molecule has 4 heteroatoms. The molecule has 1 aromatic heterocycles. The van der Waals surface area contributed by atoms with Gasteiger partial charge in [0, 0.05) is 6.54 Å². The second-order valence-electron chi connectivity index (χ2n) is 4.21. The van der Waals surface area contributed by atoms with E-state index < -0.39 is 6.10 Å². The highest BCUT2D eigenvalue weighted by atomic mass is 16.5. The van der Waals surface area contributed by atoms with Crippen LogP contribution in [-0.4, -0.2) is 22.0 Å². The van der Waals surface area contributed by atoms with Gasteiger partial charge in [-0.15, -0.1) is 0 Å². The van der Waals surface area contributed by atoms with Gasteiger partial charge in [-0.3, -0.25) is 4.68 Å². The molecule has 2 aromatic rings. The number of rotatable bonds is 4. The highest BCUT2D eigenvalue weighted by Gasteiger charge is 2.16. The van der Waals surface area contributed by atoms with E-state index in [1.807, 2.05) is 48.9 Å². The first-order chi connectivity index (χ1) is 8.65. The molecule has 4 nitrogen and oxygen atoms in total. The van der Waals surface area contributed by atoms with Gasteiger partial charge in [-0.05, 0) is 37.6 Å². The molecule has 0 aliphatic heterocycles. The molecular weight excluding hydrogens is 228 g/mol. The highest BCUT2D eigenvalue weighted by molar-refractivity contribution is 5.33. The Morgan fingerprint density at radius 1 is 1.39 bits per heavy atom. The fraction of sp³-hybridized carbons (Fsp3) is 0.357. The number of hydrogen-bond acceptors (Lipinski definition) is 3. The van der Waals surface area contributed by atoms with E-state index in [0.29, 0.717) is 0 Å². The van der Waals surface area contributed by atoms with E-state index in [0.717, 1.165) is 29.2 Å². The van der Waals surface area contributed by atoms with Crippen LogP contribution in [0.4, 0.5) is 0 Å². The Morgan fingerprint density at radius 2 is 2.17 bits per heavy atom. The van der Waals surface area contributed by atoms with E-state index in [1.165, 1.54) is 0 Å². The second kappa shape index (κ2) is 5.23. The first-order valence-corrected chi connectivity index (χ1v) is 6.02. The highest BCUT2D eigenvalue weighted by Crippen LogP contribution is 2.25. The summed E-state index contributed by atoms with van der Waals surface area (Å²) in [6, 6.07) is 9.37. The van der Waals surface area contributed by atoms with Crippen molar-refractivity contribution in [3.63, 3.8) is 0 Å². The molecule has 0 fully saturated rings. The van der Waals surface area contributed by atoms with Gasteiger partial charge >= 0.3 is 0 Å². The summed E-state index contributed by atoms with van der Waals surface area (Å²) >= 11 is 0. The van der Waals surface area contributed by atoms with Gasteiger partial charge in [-0.25, -0.2) is 0 Å². The van der Waals surface area contributed by atoms with Crippen LogP contribution in [0.2, 0.25) is 0 Å². The van der Waals surface area contributed by atoms with Crippen LogP contribution in [0.3, 0.4) is 0 Å². The van der Waals surface area contributed by atoms with Gasteiger partial charge in [0.05, 0.1) is 18.5 Å². The Morgan fingerprint density at radius 3 is 2.83 bits per heavy atom. The van der Waals surface area contributed by atoms with Crippen LogP contribution in [0, 0.1) is 6.92 Å². The summed E-state index contributed by atoms with van der Waals surface area (Å²) in [5.41, 5.74) is 2.53. The van der Waals surface area contributed by atoms with E-state index in [1.54, 1.807) is 7.11 Å². The predicted octanol–water partition coefficient (Wildman–Crippen LogP) is 2.30. The van der Waals surface area contributed by atoms with E-state index in [-0.39, 0.29) is 0 Å². The molecule has 1 N–H and O–H groups in total. The molecule has 0 aliphatic rings. The maximum absolute atomic E-state index is 10.4. The standard InChI is InChI=1S/C14H18N2O2/c1-4-16-13(8-10(2)15-16)14(17)11-6-5-7-12(9-11)18-3/h5-9,14,17H,4H2,1-3H3. The van der Waals surface area contributed by atoms with Gasteiger partial charge in [0.25, 0.3) is 0 Å². The average molecular weight is 246 g/mol. The Labute approximate surface area is 107 Å². The number of benzene rings is 1. The minimum Gasteiger partial charge on any atom is -0.497 e. The van der Waals surface area contributed by atoms with Crippen LogP contribution < -0.4 is 4.74 Å². The number of aliphatic hydroxyl groups excluding tert-OH is 1. The van der Waals surface area contributed by atoms with E-state index in [9.17, 15) is 5.11 Å². The quantitative estimate of drug-likeness (QED) is 0.900. The Bertz CT molecular complexity index is 534. The maximum Gasteiger partial charge on any atom is 0.121 e. The van der Waals surface area contributed by atoms with Gasteiger partial charge in [0.15, 0.2) is 0 Å². The Balaban J connectivity index is 2.37. The lowest BCUT2D eigenvalue weighted by Crippen LogP contribution is -2.09. The van der Waals surface area contributed by atoms with Crippen LogP contribution in [0.15, 0.2) is 30.3 Å². The first-order valence-electron chi connectivity index (χ1n) is 6.02. The molecule has 0 amide bonds. The van der Waals surface area contributed by atoms with Crippen LogP contribution in [0.1, 0.15) is 30.0 Å². The number of ether oxygens (including phenoxy) is 1. The molecule has 0 aliphatic carbocycles. The Hall–Kier alpha value is -1.81. The van der Waals surface area contributed by atoms with E-state index >= 15 is 0 Å². The third-order valence-corrected chi connectivity index (χ3v) is 2.92. The molecule has 0 bridgehead atoms. The number of aromatic nitrogens is 2. The molecular formula is C14H18N2O2. The summed E-state index contributed by atoms with van der Waals surface area (Å²) in [7, 11) is 1.62. The minimum absolute atomic E-state index is 0.679. The predicted molar refractivity (Wildman–Crippen MR) is 69.7 cm³/mol. The second-order valence-corrected chi connectivity index (χ2v) is 4.21. The number of methoxy groups -OCH3 is 1. The number of nitrogens with zero attached hydrogens (tertiary/aromatic N) is 2. The van der Waals surface area contributed by atoms with Gasteiger partial charge in [-0.1, -0.05) is 12.1 Å². The topological polar surface area (TPSA) is 47.3 Å². The van der Waals surface area contributed by atoms with Gasteiger partial charge < -0.3 is 9.84 Å². The number of aryl methyl sites for hydroxylation is 2. The maximum atomic E-state index is 10.4. The zero-order chi connectivity index (χ0) is 13.1. The SMILES string of the molecule is CCn1nc(C)cc1C(O)c1cccc(OC)c1. The zero-order valence-corrected chi connectivity index (χ0v) is 10.9. The first kappa shape index (κ1) is 12.6. The van der Waals surface area contributed by atoms with Crippen molar-refractivity contribution in [1.82, 2.24) is 9.78 Å². The summed E-state index contributed by atoms with van der Waals surface area (Å²) in [6.45, 7) is 4.67. The molecule has 0 radical (unpaired) electrons. The molecule has 1 atom stereocenters. The minimum atomic E-state index is -0.679. The molecule has 0 spiro atoms. The number of hydrogen-bond donors (Lipinski definition) is 1. The zero-order valence-electron chi connectivity index (χ0n) is 10.9. The molecule has 96 valence electrons. The largest absolute Gasteiger partial charge is 0.497 e. The van der Waals surface area contributed by atoms with Gasteiger partial charge in [-0.2, -0.15) is 5.10 Å². The van der Waals surface area contributed by atoms with Crippen molar-refractivity contribution in [2.24, 2.45) is 0 Å². The van der Waals surface area contributed by atoms with Crippen LogP contribution in [0.25, 0.3) is 0 Å². The van der Waals surface area contributed by atoms with Crippen LogP contribution >= 0.6 is 0 Å². The third kappa shape index (κ3) is 2.38. The molecule has 0 saturated carbocycles. The smallest absolute Gasteiger partial charge is 0.121 e. The molecule has 2 rings (SSSR count). The van der Waals surface area contributed by atoms with Crippen molar-refractivity contribution in [2.45, 2.75) is 26.5 Å². The lowest BCUT2D eigenvalue weighted by atomic mass is 10.1. The summed E-state index contributed by atoms with van der Waals surface area (Å²) < 4.78 is 6.99. The monoisotopic (exact) mass is 246 g/mol. The van der Waals surface area contributed by atoms with Crippen molar-refractivity contribution in [3.05, 3.63) is 47.3 Å². The van der Waals surface area contributed by atoms with Crippen molar-refractivity contribution in [1.29, 1.82) is 0 Å². The molecule has 0 saturated heterocycles. The lowest BCUT2D eigenvalue weighted by molar-refractivity contribution is 0.207. The third-order valence-electron chi connectivity index (χ3n) is 2.92. The van der Waals surface area contributed by atoms with Crippen LogP contribution in [0.5, 0.6) is 5.75 Å². The van der Waals surface area contributed by atoms with Crippen molar-refractivity contribution < 1.29 is 9.84 Å². The molecule has 1 unspecified atom stereocenters. The van der Waals surface area contributed by atoms with Gasteiger partial charge in [0.1, 0.15) is 11.9 Å². The summed E-state index contributed by atoms with van der Waals surface area (Å²) in [5, 5.41) is 14.8. The summed E-state index contributed by atoms with van der Waals surface area (Å²) in [4.78, 5) is 0. The average Bonchev–Trinajstić information content (AvgIpc) is 2.79. The number of aliphatic hydroxyl groups is 1. The van der Waals surface area contributed by atoms with Crippen LogP contribution in [-0.2, 0) is 6.54 Å².